The Morgan fingerprint density at radius 2 is 1.73 bits per heavy atom. The molecule has 8 nitrogen and oxygen atoms in total. The molecular formula is C32H24N4O4. The number of amides is 1. The van der Waals surface area contributed by atoms with Crippen LogP contribution in [0.3, 0.4) is 0 Å². The van der Waals surface area contributed by atoms with Crippen LogP contribution in [-0.2, 0) is 4.79 Å². The lowest BCUT2D eigenvalue weighted by Gasteiger charge is -2.10. The van der Waals surface area contributed by atoms with E-state index in [0.717, 1.165) is 10.9 Å². The average Bonchev–Trinajstić information content (AvgIpc) is 3.41. The fourth-order valence-electron chi connectivity index (χ4n) is 4.30. The zero-order valence-corrected chi connectivity index (χ0v) is 21.6. The highest BCUT2D eigenvalue weighted by Crippen LogP contribution is 2.27. The quantitative estimate of drug-likeness (QED) is 0.256. The number of para-hydroxylation sites is 3. The van der Waals surface area contributed by atoms with Crippen molar-refractivity contribution in [2.45, 2.75) is 6.92 Å². The molecule has 0 fully saturated rings. The van der Waals surface area contributed by atoms with Gasteiger partial charge in [-0.2, -0.15) is 9.78 Å². The predicted octanol–water partition coefficient (Wildman–Crippen LogP) is 6.02. The third-order valence-electron chi connectivity index (χ3n) is 6.33. The summed E-state index contributed by atoms with van der Waals surface area (Å²) in [5.74, 6) is 0.834. The van der Waals surface area contributed by atoms with Gasteiger partial charge in [-0.3, -0.25) is 9.59 Å². The fraction of sp³-hybridized carbons (Fsp3) is 0.0625. The molecule has 0 atom stereocenters. The number of carbonyl (C=O) groups excluding carboxylic acids is 1. The van der Waals surface area contributed by atoms with Crippen molar-refractivity contribution in [1.29, 1.82) is 0 Å². The molecular weight excluding hydrogens is 504 g/mol. The smallest absolute Gasteiger partial charge is 0.282 e. The second-order valence-corrected chi connectivity index (χ2v) is 9.20. The Labute approximate surface area is 229 Å². The number of aromatic nitrogens is 2. The second-order valence-electron chi connectivity index (χ2n) is 9.20. The molecule has 2 aromatic heterocycles. The van der Waals surface area contributed by atoms with Crippen LogP contribution in [0.2, 0.25) is 0 Å². The number of nitrogens with one attached hydrogen (secondary N) is 1. The van der Waals surface area contributed by atoms with E-state index < -0.39 is 0 Å². The minimum absolute atomic E-state index is 0.194. The number of rotatable bonds is 7. The van der Waals surface area contributed by atoms with E-state index in [2.05, 4.69) is 10.4 Å². The van der Waals surface area contributed by atoms with Crippen molar-refractivity contribution in [2.24, 2.45) is 5.10 Å². The summed E-state index contributed by atoms with van der Waals surface area (Å²) in [6.45, 7) is 1.79. The largest absolute Gasteiger partial charge is 0.483 e. The first-order chi connectivity index (χ1) is 19.5. The molecule has 0 spiro atoms. The lowest BCUT2D eigenvalue weighted by atomic mass is 10.2. The van der Waals surface area contributed by atoms with Crippen LogP contribution in [0.1, 0.15) is 11.1 Å². The van der Waals surface area contributed by atoms with Crippen molar-refractivity contribution in [1.82, 2.24) is 9.66 Å². The average molecular weight is 529 g/mol. The number of furan rings is 1. The summed E-state index contributed by atoms with van der Waals surface area (Å²) in [5, 5.41) is 8.64. The summed E-state index contributed by atoms with van der Waals surface area (Å²) >= 11 is 0. The van der Waals surface area contributed by atoms with Gasteiger partial charge in [-0.15, -0.1) is 0 Å². The van der Waals surface area contributed by atoms with Gasteiger partial charge in [-0.05, 0) is 55.5 Å². The van der Waals surface area contributed by atoms with E-state index in [4.69, 9.17) is 14.1 Å². The Balaban J connectivity index is 1.32. The number of anilines is 1. The Kier molecular flexibility index (Phi) is 6.64. The number of hydrogen-bond acceptors (Lipinski definition) is 6. The first kappa shape index (κ1) is 24.8. The van der Waals surface area contributed by atoms with Gasteiger partial charge < -0.3 is 14.5 Å². The van der Waals surface area contributed by atoms with Gasteiger partial charge in [-0.1, -0.05) is 60.2 Å². The molecule has 8 heteroatoms. The molecule has 6 aromatic rings. The third-order valence-corrected chi connectivity index (χ3v) is 6.33. The summed E-state index contributed by atoms with van der Waals surface area (Å²) in [6, 6.07) is 31.2. The topological polar surface area (TPSA) is 98.7 Å². The monoisotopic (exact) mass is 528 g/mol. The lowest BCUT2D eigenvalue weighted by molar-refractivity contribution is -0.118. The summed E-state index contributed by atoms with van der Waals surface area (Å²) < 4.78 is 13.1. The van der Waals surface area contributed by atoms with E-state index in [-0.39, 0.29) is 23.9 Å². The Morgan fingerprint density at radius 1 is 0.975 bits per heavy atom. The van der Waals surface area contributed by atoms with Crippen molar-refractivity contribution in [3.05, 3.63) is 125 Å². The van der Waals surface area contributed by atoms with Gasteiger partial charge in [0.25, 0.3) is 11.5 Å². The molecule has 0 aliphatic rings. The van der Waals surface area contributed by atoms with Crippen LogP contribution in [0.4, 0.5) is 5.69 Å². The zero-order valence-electron chi connectivity index (χ0n) is 21.6. The minimum atomic E-state index is -0.340. The number of benzene rings is 4. The first-order valence-corrected chi connectivity index (χ1v) is 12.7. The fourth-order valence-corrected chi connectivity index (χ4v) is 4.30. The Morgan fingerprint density at radius 3 is 2.58 bits per heavy atom. The predicted molar refractivity (Wildman–Crippen MR) is 156 cm³/mol. The summed E-state index contributed by atoms with van der Waals surface area (Å²) in [7, 11) is 0. The van der Waals surface area contributed by atoms with E-state index >= 15 is 0 Å². The van der Waals surface area contributed by atoms with Crippen molar-refractivity contribution in [3.63, 3.8) is 0 Å². The molecule has 1 amide bonds. The molecule has 4 aromatic carbocycles. The zero-order chi connectivity index (χ0) is 27.5. The van der Waals surface area contributed by atoms with Gasteiger partial charge in [0.1, 0.15) is 11.3 Å². The van der Waals surface area contributed by atoms with Gasteiger partial charge in [0.2, 0.25) is 5.82 Å². The summed E-state index contributed by atoms with van der Waals surface area (Å²) in [6.07, 6.45) is 1.51. The standard InChI is InChI=1S/C32H24N4O4/c1-21-14-16-24(17-15-21)34-30(37)20-39-27-12-6-3-9-23(27)19-33-36-31(29-18-22-8-2-7-13-28(22)40-29)35-26-11-5-4-10-25(26)32(36)38/h2-19H,20H2,1H3,(H,34,37). The molecule has 0 aliphatic heterocycles. The number of fused-ring (bicyclic) bond motifs is 2. The van der Waals surface area contributed by atoms with E-state index in [0.29, 0.717) is 39.2 Å². The van der Waals surface area contributed by atoms with Gasteiger partial charge in [0, 0.05) is 16.6 Å². The van der Waals surface area contributed by atoms with E-state index in [1.807, 2.05) is 73.7 Å². The maximum absolute atomic E-state index is 13.5. The molecule has 1 N–H and O–H groups in total. The highest BCUT2D eigenvalue weighted by Gasteiger charge is 2.16. The molecule has 0 saturated carbocycles. The van der Waals surface area contributed by atoms with Crippen molar-refractivity contribution in [3.8, 4) is 17.3 Å². The van der Waals surface area contributed by atoms with Gasteiger partial charge in [0.15, 0.2) is 12.4 Å². The number of hydrogen-bond donors (Lipinski definition) is 1. The van der Waals surface area contributed by atoms with Crippen LogP contribution < -0.4 is 15.6 Å². The second kappa shape index (κ2) is 10.7. The van der Waals surface area contributed by atoms with Gasteiger partial charge >= 0.3 is 0 Å². The molecule has 0 bridgehead atoms. The Hall–Kier alpha value is -5.50. The molecule has 0 radical (unpaired) electrons. The minimum Gasteiger partial charge on any atom is -0.483 e. The van der Waals surface area contributed by atoms with E-state index in [9.17, 15) is 9.59 Å². The van der Waals surface area contributed by atoms with Crippen LogP contribution in [0.15, 0.2) is 117 Å². The lowest BCUT2D eigenvalue weighted by Crippen LogP contribution is -2.21. The van der Waals surface area contributed by atoms with Crippen molar-refractivity contribution >= 4 is 39.7 Å². The maximum atomic E-state index is 13.5. The van der Waals surface area contributed by atoms with Gasteiger partial charge in [0.05, 0.1) is 17.1 Å². The molecule has 196 valence electrons. The third kappa shape index (κ3) is 5.10. The van der Waals surface area contributed by atoms with Crippen LogP contribution in [0, 0.1) is 6.92 Å². The van der Waals surface area contributed by atoms with Crippen LogP contribution in [0.25, 0.3) is 33.5 Å². The summed E-state index contributed by atoms with van der Waals surface area (Å²) in [5.41, 5.74) is 3.26. The van der Waals surface area contributed by atoms with Crippen LogP contribution in [0.5, 0.6) is 5.75 Å². The normalized spacial score (nSPS) is 11.3. The van der Waals surface area contributed by atoms with E-state index in [1.165, 1.54) is 10.9 Å². The highest BCUT2D eigenvalue weighted by atomic mass is 16.5. The summed E-state index contributed by atoms with van der Waals surface area (Å²) in [4.78, 5) is 30.7. The molecule has 0 aliphatic carbocycles. The highest BCUT2D eigenvalue weighted by molar-refractivity contribution is 5.92. The number of aryl methyl sites for hydroxylation is 1. The number of nitrogens with zero attached hydrogens (tertiary/aromatic N) is 3. The maximum Gasteiger partial charge on any atom is 0.282 e. The van der Waals surface area contributed by atoms with Crippen molar-refractivity contribution < 1.29 is 13.9 Å². The number of carbonyl (C=O) groups is 1. The van der Waals surface area contributed by atoms with Gasteiger partial charge in [-0.25, -0.2) is 4.98 Å². The van der Waals surface area contributed by atoms with Crippen LogP contribution >= 0.6 is 0 Å². The number of ether oxygens (including phenoxy) is 1. The first-order valence-electron chi connectivity index (χ1n) is 12.7. The molecule has 6 rings (SSSR count). The van der Waals surface area contributed by atoms with Crippen molar-refractivity contribution in [2.75, 3.05) is 11.9 Å². The van der Waals surface area contributed by atoms with E-state index in [1.54, 1.807) is 36.4 Å². The SMILES string of the molecule is Cc1ccc(NC(=O)COc2ccccc2C=Nn2c(-c3cc4ccccc4o3)nc3ccccc3c2=O)cc1. The molecule has 2 heterocycles. The molecule has 0 unspecified atom stereocenters. The molecule has 0 saturated heterocycles. The van der Waals surface area contributed by atoms with Crippen LogP contribution in [-0.4, -0.2) is 28.4 Å². The molecule has 40 heavy (non-hydrogen) atoms. The Bertz CT molecular complexity index is 1900.